The fraction of sp³-hybridized carbons (Fsp3) is 0.357. The molecule has 0 amide bonds. The molecule has 2 N–H and O–H groups in total. The van der Waals surface area contributed by atoms with E-state index >= 15 is 0 Å². The zero-order valence-corrected chi connectivity index (χ0v) is 13.2. The first-order chi connectivity index (χ1) is 9.94. The lowest BCUT2D eigenvalue weighted by molar-refractivity contribution is 0.594. The molecule has 0 aliphatic carbocycles. The van der Waals surface area contributed by atoms with Crippen molar-refractivity contribution < 1.29 is 8.42 Å². The maximum atomic E-state index is 12.3. The molecule has 1 aromatic carbocycles. The number of hydrogen-bond donors (Lipinski definition) is 2. The Morgan fingerprint density at radius 3 is 2.67 bits per heavy atom. The Kier molecular flexibility index (Phi) is 4.64. The molecule has 7 heteroatoms. The van der Waals surface area contributed by atoms with Crippen LogP contribution in [0, 0.1) is 0 Å². The molecule has 0 radical (unpaired) electrons. The quantitative estimate of drug-likeness (QED) is 0.854. The Bertz CT molecular complexity index is 709. The summed E-state index contributed by atoms with van der Waals surface area (Å²) in [5.74, 6) is 0. The van der Waals surface area contributed by atoms with Gasteiger partial charge < -0.3 is 9.88 Å². The summed E-state index contributed by atoms with van der Waals surface area (Å²) in [6, 6.07) is 7.41. The molecule has 0 fully saturated rings. The first-order valence-electron chi connectivity index (χ1n) is 6.77. The largest absolute Gasteiger partial charge is 0.339 e. The van der Waals surface area contributed by atoms with Gasteiger partial charge in [0.15, 0.2) is 5.03 Å². The van der Waals surface area contributed by atoms with Crippen molar-refractivity contribution >= 4 is 15.7 Å². The minimum Gasteiger partial charge on any atom is -0.339 e. The van der Waals surface area contributed by atoms with Crippen molar-refractivity contribution in [2.45, 2.75) is 24.9 Å². The van der Waals surface area contributed by atoms with Crippen LogP contribution in [0.1, 0.15) is 25.5 Å². The monoisotopic (exact) mass is 308 g/mol. The van der Waals surface area contributed by atoms with Crippen molar-refractivity contribution in [3.63, 3.8) is 0 Å². The lowest BCUT2D eigenvalue weighted by Crippen LogP contribution is -2.21. The van der Waals surface area contributed by atoms with E-state index in [0.29, 0.717) is 5.69 Å². The van der Waals surface area contributed by atoms with Gasteiger partial charge in [-0.2, -0.15) is 8.42 Å². The van der Waals surface area contributed by atoms with Gasteiger partial charge in [-0.1, -0.05) is 25.1 Å². The molecule has 114 valence electrons. The van der Waals surface area contributed by atoms with Gasteiger partial charge >= 0.3 is 0 Å². The Labute approximate surface area is 125 Å². The van der Waals surface area contributed by atoms with Crippen molar-refractivity contribution in [2.75, 3.05) is 11.3 Å². The van der Waals surface area contributed by atoms with Crippen molar-refractivity contribution in [2.24, 2.45) is 7.05 Å². The molecule has 1 aromatic heterocycles. The van der Waals surface area contributed by atoms with Crippen LogP contribution < -0.4 is 10.0 Å². The highest BCUT2D eigenvalue weighted by molar-refractivity contribution is 7.92. The van der Waals surface area contributed by atoms with Gasteiger partial charge in [0, 0.05) is 19.3 Å². The van der Waals surface area contributed by atoms with Crippen LogP contribution >= 0.6 is 0 Å². The molecule has 0 saturated carbocycles. The lowest BCUT2D eigenvalue weighted by atomic mass is 10.1. The van der Waals surface area contributed by atoms with Crippen LogP contribution in [0.3, 0.4) is 0 Å². The fourth-order valence-corrected chi connectivity index (χ4v) is 3.18. The summed E-state index contributed by atoms with van der Waals surface area (Å²) in [6.45, 7) is 4.82. The molecule has 2 aromatic rings. The van der Waals surface area contributed by atoms with Gasteiger partial charge in [-0.05, 0) is 25.1 Å². The maximum absolute atomic E-state index is 12.3. The number of nitrogens with one attached hydrogen (secondary N) is 2. The standard InChI is InChI=1S/C14H20N4O2S/c1-4-15-11(2)12-7-5-6-8-13(12)17-21(19,20)14-9-18(3)10-16-14/h5-11,15,17H,4H2,1-3H3. The summed E-state index contributed by atoms with van der Waals surface area (Å²) in [4.78, 5) is 3.89. The Morgan fingerprint density at radius 1 is 1.33 bits per heavy atom. The molecule has 6 nitrogen and oxygen atoms in total. The van der Waals surface area contributed by atoms with E-state index in [1.807, 2.05) is 26.0 Å². The van der Waals surface area contributed by atoms with Gasteiger partial charge in [0.1, 0.15) is 0 Å². The van der Waals surface area contributed by atoms with Crippen LogP contribution in [0.25, 0.3) is 0 Å². The fourth-order valence-electron chi connectivity index (χ4n) is 2.11. The van der Waals surface area contributed by atoms with Crippen LogP contribution in [0.2, 0.25) is 0 Å². The van der Waals surface area contributed by atoms with Gasteiger partial charge in [0.25, 0.3) is 10.0 Å². The molecule has 0 spiro atoms. The normalized spacial score (nSPS) is 13.1. The Morgan fingerprint density at radius 2 is 2.05 bits per heavy atom. The third-order valence-electron chi connectivity index (χ3n) is 3.14. The number of aryl methyl sites for hydroxylation is 1. The number of anilines is 1. The van der Waals surface area contributed by atoms with Crippen LogP contribution in [-0.4, -0.2) is 24.5 Å². The molecule has 1 atom stereocenters. The number of sulfonamides is 1. The minimum absolute atomic E-state index is 0.0101. The highest BCUT2D eigenvalue weighted by Crippen LogP contribution is 2.24. The van der Waals surface area contributed by atoms with Crippen molar-refractivity contribution in [3.05, 3.63) is 42.4 Å². The highest BCUT2D eigenvalue weighted by atomic mass is 32.2. The van der Waals surface area contributed by atoms with Gasteiger partial charge in [-0.3, -0.25) is 4.72 Å². The number of aromatic nitrogens is 2. The summed E-state index contributed by atoms with van der Waals surface area (Å²) in [7, 11) is -1.94. The van der Waals surface area contributed by atoms with Crippen LogP contribution in [0.15, 0.2) is 41.8 Å². The van der Waals surface area contributed by atoms with E-state index in [1.165, 1.54) is 12.5 Å². The highest BCUT2D eigenvalue weighted by Gasteiger charge is 2.19. The average Bonchev–Trinajstić information content (AvgIpc) is 2.87. The predicted molar refractivity (Wildman–Crippen MR) is 82.6 cm³/mol. The van der Waals surface area contributed by atoms with E-state index in [2.05, 4.69) is 15.0 Å². The zero-order chi connectivity index (χ0) is 15.5. The Balaban J connectivity index is 2.31. The average molecular weight is 308 g/mol. The molecule has 1 unspecified atom stereocenters. The number of para-hydroxylation sites is 1. The van der Waals surface area contributed by atoms with Gasteiger partial charge in [-0.15, -0.1) is 0 Å². The first-order valence-corrected chi connectivity index (χ1v) is 8.25. The summed E-state index contributed by atoms with van der Waals surface area (Å²) >= 11 is 0. The zero-order valence-electron chi connectivity index (χ0n) is 12.4. The second-order valence-electron chi connectivity index (χ2n) is 4.85. The van der Waals surface area contributed by atoms with Gasteiger partial charge in [0.05, 0.1) is 12.0 Å². The molecule has 0 saturated heterocycles. The number of imidazole rings is 1. The molecule has 2 rings (SSSR count). The van der Waals surface area contributed by atoms with Crippen LogP contribution in [-0.2, 0) is 17.1 Å². The number of benzene rings is 1. The van der Waals surface area contributed by atoms with Gasteiger partial charge in [-0.25, -0.2) is 4.98 Å². The molecule has 0 bridgehead atoms. The second kappa shape index (κ2) is 6.28. The molecule has 0 aliphatic rings. The third kappa shape index (κ3) is 3.62. The molecule has 1 heterocycles. The second-order valence-corrected chi connectivity index (χ2v) is 6.48. The molecular formula is C14H20N4O2S. The summed E-state index contributed by atoms with van der Waals surface area (Å²) in [5.41, 5.74) is 1.47. The predicted octanol–water partition coefficient (Wildman–Crippen LogP) is 1.89. The van der Waals surface area contributed by atoms with Crippen LogP contribution in [0.5, 0.6) is 0 Å². The van der Waals surface area contributed by atoms with Crippen molar-refractivity contribution in [3.8, 4) is 0 Å². The van der Waals surface area contributed by atoms with E-state index in [-0.39, 0.29) is 11.1 Å². The third-order valence-corrected chi connectivity index (χ3v) is 4.39. The SMILES string of the molecule is CCNC(C)c1ccccc1NS(=O)(=O)c1cn(C)cn1. The molecule has 21 heavy (non-hydrogen) atoms. The van der Waals surface area contributed by atoms with E-state index in [4.69, 9.17) is 0 Å². The Hall–Kier alpha value is -1.86. The number of hydrogen-bond acceptors (Lipinski definition) is 4. The summed E-state index contributed by atoms with van der Waals surface area (Å²) in [6.07, 6.45) is 2.93. The summed E-state index contributed by atoms with van der Waals surface area (Å²) in [5, 5.41) is 3.29. The van der Waals surface area contributed by atoms with Crippen molar-refractivity contribution in [1.29, 1.82) is 0 Å². The lowest BCUT2D eigenvalue weighted by Gasteiger charge is -2.17. The van der Waals surface area contributed by atoms with E-state index in [9.17, 15) is 8.42 Å². The maximum Gasteiger partial charge on any atom is 0.280 e. The molecule has 0 aliphatic heterocycles. The van der Waals surface area contributed by atoms with Crippen LogP contribution in [0.4, 0.5) is 5.69 Å². The van der Waals surface area contributed by atoms with E-state index < -0.39 is 10.0 Å². The number of nitrogens with zero attached hydrogens (tertiary/aromatic N) is 2. The van der Waals surface area contributed by atoms with Crippen molar-refractivity contribution in [1.82, 2.24) is 14.9 Å². The van der Waals surface area contributed by atoms with E-state index in [1.54, 1.807) is 23.7 Å². The number of rotatable bonds is 6. The van der Waals surface area contributed by atoms with E-state index in [0.717, 1.165) is 12.1 Å². The summed E-state index contributed by atoms with van der Waals surface area (Å²) < 4.78 is 28.9. The topological polar surface area (TPSA) is 76.0 Å². The smallest absolute Gasteiger partial charge is 0.280 e. The minimum atomic E-state index is -3.67. The van der Waals surface area contributed by atoms with Gasteiger partial charge in [0.2, 0.25) is 0 Å². The first kappa shape index (κ1) is 15.5. The molecular weight excluding hydrogens is 288 g/mol.